The van der Waals surface area contributed by atoms with Crippen LogP contribution in [-0.4, -0.2) is 12.6 Å². The molecule has 1 atom stereocenters. The van der Waals surface area contributed by atoms with Gasteiger partial charge < -0.3 is 4.74 Å². The molecule has 1 unspecified atom stereocenters. The third-order valence-electron chi connectivity index (χ3n) is 3.82. The first-order valence-electron chi connectivity index (χ1n) is 6.37. The second kappa shape index (κ2) is 5.70. The largest absolute Gasteiger partial charge is 0.466 e. The smallest absolute Gasteiger partial charge is 0.312 e. The van der Waals surface area contributed by atoms with Crippen LogP contribution in [-0.2, 0) is 9.53 Å². The van der Waals surface area contributed by atoms with Crippen molar-refractivity contribution in [3.05, 3.63) is 0 Å². The zero-order valence-electron chi connectivity index (χ0n) is 12.0. The maximum absolute atomic E-state index is 12.1. The lowest BCUT2D eigenvalue weighted by molar-refractivity contribution is -0.159. The van der Waals surface area contributed by atoms with Gasteiger partial charge in [0.2, 0.25) is 0 Å². The Balaban J connectivity index is 4.90. The summed E-state index contributed by atoms with van der Waals surface area (Å²) in [6.45, 7) is 15.2. The lowest BCUT2D eigenvalue weighted by Gasteiger charge is -2.38. The normalized spacial score (nSPS) is 16.0. The summed E-state index contributed by atoms with van der Waals surface area (Å²) < 4.78 is 5.22. The van der Waals surface area contributed by atoms with Crippen LogP contribution in [0.25, 0.3) is 0 Å². The lowest BCUT2D eigenvalue weighted by Crippen LogP contribution is -2.39. The average Bonchev–Trinajstić information content (AvgIpc) is 2.17. The standard InChI is InChI=1S/C14H28O2/c1-8-13(5,6)10-14(7,11(3)4)12(15)16-9-2/h11H,8-10H2,1-7H3. The first-order valence-corrected chi connectivity index (χ1v) is 6.37. The SMILES string of the molecule is CCOC(=O)C(C)(CC(C)(C)CC)C(C)C. The topological polar surface area (TPSA) is 26.3 Å². The Labute approximate surface area is 101 Å². The Morgan fingerprint density at radius 3 is 2.00 bits per heavy atom. The fourth-order valence-electron chi connectivity index (χ4n) is 1.93. The van der Waals surface area contributed by atoms with Gasteiger partial charge >= 0.3 is 5.97 Å². The summed E-state index contributed by atoms with van der Waals surface area (Å²) in [6, 6.07) is 0. The van der Waals surface area contributed by atoms with E-state index in [9.17, 15) is 4.79 Å². The van der Waals surface area contributed by atoms with Crippen LogP contribution in [0.4, 0.5) is 0 Å². The molecule has 96 valence electrons. The van der Waals surface area contributed by atoms with Crippen LogP contribution in [0.1, 0.15) is 61.3 Å². The van der Waals surface area contributed by atoms with E-state index in [2.05, 4.69) is 34.6 Å². The number of hydrogen-bond acceptors (Lipinski definition) is 2. The van der Waals surface area contributed by atoms with E-state index in [1.165, 1.54) is 0 Å². The van der Waals surface area contributed by atoms with Crippen LogP contribution < -0.4 is 0 Å². The van der Waals surface area contributed by atoms with Crippen molar-refractivity contribution in [2.75, 3.05) is 6.61 Å². The van der Waals surface area contributed by atoms with E-state index >= 15 is 0 Å². The molecule has 0 aliphatic carbocycles. The van der Waals surface area contributed by atoms with Gasteiger partial charge in [0.25, 0.3) is 0 Å². The third-order valence-corrected chi connectivity index (χ3v) is 3.82. The maximum atomic E-state index is 12.1. The highest BCUT2D eigenvalue weighted by atomic mass is 16.5. The summed E-state index contributed by atoms with van der Waals surface area (Å²) in [5, 5.41) is 0. The first-order chi connectivity index (χ1) is 7.19. The quantitative estimate of drug-likeness (QED) is 0.641. The molecule has 0 radical (unpaired) electrons. The van der Waals surface area contributed by atoms with E-state index in [-0.39, 0.29) is 16.8 Å². The zero-order chi connectivity index (χ0) is 13.0. The molecule has 0 rings (SSSR count). The summed E-state index contributed by atoms with van der Waals surface area (Å²) in [7, 11) is 0. The van der Waals surface area contributed by atoms with Gasteiger partial charge in [-0.15, -0.1) is 0 Å². The van der Waals surface area contributed by atoms with E-state index in [1.807, 2.05) is 13.8 Å². The maximum Gasteiger partial charge on any atom is 0.312 e. The van der Waals surface area contributed by atoms with Gasteiger partial charge in [-0.3, -0.25) is 4.79 Å². The molecule has 0 saturated carbocycles. The molecule has 2 heteroatoms. The molecule has 0 fully saturated rings. The van der Waals surface area contributed by atoms with Gasteiger partial charge in [-0.05, 0) is 31.6 Å². The summed E-state index contributed by atoms with van der Waals surface area (Å²) in [5.41, 5.74) is -0.179. The summed E-state index contributed by atoms with van der Waals surface area (Å²) in [6.07, 6.45) is 1.96. The number of carbonyl (C=O) groups is 1. The van der Waals surface area contributed by atoms with E-state index in [1.54, 1.807) is 0 Å². The van der Waals surface area contributed by atoms with Gasteiger partial charge in [-0.2, -0.15) is 0 Å². The van der Waals surface area contributed by atoms with E-state index < -0.39 is 0 Å². The van der Waals surface area contributed by atoms with Crippen molar-refractivity contribution in [1.29, 1.82) is 0 Å². The van der Waals surface area contributed by atoms with Crippen LogP contribution in [0, 0.1) is 16.7 Å². The predicted octanol–water partition coefficient (Wildman–Crippen LogP) is 4.04. The molecule has 0 heterocycles. The molecule has 16 heavy (non-hydrogen) atoms. The van der Waals surface area contributed by atoms with Gasteiger partial charge in [0.15, 0.2) is 0 Å². The van der Waals surface area contributed by atoms with Crippen molar-refractivity contribution in [2.24, 2.45) is 16.7 Å². The molecule has 0 saturated heterocycles. The highest BCUT2D eigenvalue weighted by Crippen LogP contribution is 2.42. The minimum Gasteiger partial charge on any atom is -0.466 e. The van der Waals surface area contributed by atoms with Crippen molar-refractivity contribution in [1.82, 2.24) is 0 Å². The zero-order valence-corrected chi connectivity index (χ0v) is 12.0. The second-order valence-corrected chi connectivity index (χ2v) is 5.99. The number of carbonyl (C=O) groups excluding carboxylic acids is 1. The molecule has 0 aliphatic heterocycles. The van der Waals surface area contributed by atoms with Crippen molar-refractivity contribution < 1.29 is 9.53 Å². The molecule has 0 bridgehead atoms. The molecule has 0 N–H and O–H groups in total. The van der Waals surface area contributed by atoms with Crippen LogP contribution in [0.15, 0.2) is 0 Å². The Morgan fingerprint density at radius 1 is 1.19 bits per heavy atom. The number of ether oxygens (including phenoxy) is 1. The summed E-state index contributed by atoms with van der Waals surface area (Å²) in [5.74, 6) is 0.254. The van der Waals surface area contributed by atoms with Crippen molar-refractivity contribution in [3.63, 3.8) is 0 Å². The highest BCUT2D eigenvalue weighted by molar-refractivity contribution is 5.76. The molecular weight excluding hydrogens is 200 g/mol. The Bertz CT molecular complexity index is 231. The van der Waals surface area contributed by atoms with Crippen LogP contribution in [0.5, 0.6) is 0 Å². The summed E-state index contributed by atoms with van der Waals surface area (Å²) >= 11 is 0. The van der Waals surface area contributed by atoms with Gasteiger partial charge in [0, 0.05) is 0 Å². The van der Waals surface area contributed by atoms with Crippen LogP contribution >= 0.6 is 0 Å². The monoisotopic (exact) mass is 228 g/mol. The fraction of sp³-hybridized carbons (Fsp3) is 0.929. The molecule has 0 aromatic rings. The van der Waals surface area contributed by atoms with Gasteiger partial charge in [0.05, 0.1) is 12.0 Å². The third kappa shape index (κ3) is 3.80. The predicted molar refractivity (Wildman–Crippen MR) is 68.3 cm³/mol. The van der Waals surface area contributed by atoms with Crippen molar-refractivity contribution in [3.8, 4) is 0 Å². The molecular formula is C14H28O2. The average molecular weight is 228 g/mol. The molecule has 2 nitrogen and oxygen atoms in total. The Kier molecular flexibility index (Phi) is 5.51. The Morgan fingerprint density at radius 2 is 1.69 bits per heavy atom. The summed E-state index contributed by atoms with van der Waals surface area (Å²) in [4.78, 5) is 12.1. The molecule has 0 spiro atoms. The van der Waals surface area contributed by atoms with Crippen molar-refractivity contribution >= 4 is 5.97 Å². The lowest BCUT2D eigenvalue weighted by atomic mass is 9.67. The highest BCUT2D eigenvalue weighted by Gasteiger charge is 2.41. The number of esters is 1. The minimum atomic E-state index is -0.366. The van der Waals surface area contributed by atoms with E-state index in [0.29, 0.717) is 12.5 Å². The van der Waals surface area contributed by atoms with Gasteiger partial charge in [-0.25, -0.2) is 0 Å². The molecule has 0 aromatic heterocycles. The minimum absolute atomic E-state index is 0.0495. The fourth-order valence-corrected chi connectivity index (χ4v) is 1.93. The van der Waals surface area contributed by atoms with Crippen LogP contribution in [0.3, 0.4) is 0 Å². The van der Waals surface area contributed by atoms with E-state index in [4.69, 9.17) is 4.74 Å². The van der Waals surface area contributed by atoms with Crippen LogP contribution in [0.2, 0.25) is 0 Å². The first kappa shape index (κ1) is 15.5. The second-order valence-electron chi connectivity index (χ2n) is 5.99. The van der Waals surface area contributed by atoms with Gasteiger partial charge in [-0.1, -0.05) is 41.0 Å². The number of hydrogen-bond donors (Lipinski definition) is 0. The number of rotatable bonds is 6. The van der Waals surface area contributed by atoms with Crippen molar-refractivity contribution in [2.45, 2.75) is 61.3 Å². The molecule has 0 aromatic carbocycles. The Hall–Kier alpha value is -0.530. The van der Waals surface area contributed by atoms with Gasteiger partial charge in [0.1, 0.15) is 0 Å². The van der Waals surface area contributed by atoms with E-state index in [0.717, 1.165) is 12.8 Å². The molecule has 0 aliphatic rings. The molecule has 0 amide bonds.